The van der Waals surface area contributed by atoms with Crippen LogP contribution in [0.15, 0.2) is 60.0 Å². The van der Waals surface area contributed by atoms with Gasteiger partial charge in [-0.2, -0.15) is 0 Å². The van der Waals surface area contributed by atoms with Crippen LogP contribution >= 0.6 is 11.3 Å². The third kappa shape index (κ3) is 6.77. The van der Waals surface area contributed by atoms with Gasteiger partial charge in [0.05, 0.1) is 18.5 Å². The van der Waals surface area contributed by atoms with Crippen molar-refractivity contribution in [3.63, 3.8) is 0 Å². The van der Waals surface area contributed by atoms with Gasteiger partial charge in [0.1, 0.15) is 11.8 Å². The Hall–Kier alpha value is -3.65. The summed E-state index contributed by atoms with van der Waals surface area (Å²) in [7, 11) is 1.56. The Kier molecular flexibility index (Phi) is 9.10. The zero-order valence-corrected chi connectivity index (χ0v) is 23.1. The number of methoxy groups -OCH3 is 1. The van der Waals surface area contributed by atoms with Crippen LogP contribution in [0, 0.1) is 13.8 Å². The number of amides is 3. The Morgan fingerprint density at radius 1 is 1.05 bits per heavy atom. The average molecular weight is 522 g/mol. The number of hydrogen-bond acceptors (Lipinski definition) is 5. The summed E-state index contributed by atoms with van der Waals surface area (Å²) in [4.78, 5) is 42.4. The highest BCUT2D eigenvalue weighted by Crippen LogP contribution is 2.33. The number of carbonyl (C=O) groups is 3. The third-order valence-corrected chi connectivity index (χ3v) is 7.38. The van der Waals surface area contributed by atoms with E-state index in [2.05, 4.69) is 10.6 Å². The molecule has 1 unspecified atom stereocenters. The van der Waals surface area contributed by atoms with Crippen LogP contribution in [0.4, 0.5) is 5.69 Å². The summed E-state index contributed by atoms with van der Waals surface area (Å²) in [5, 5.41) is 7.63. The minimum absolute atomic E-state index is 0.269. The van der Waals surface area contributed by atoms with Gasteiger partial charge in [-0.05, 0) is 80.5 Å². The second-order valence-electron chi connectivity index (χ2n) is 9.55. The van der Waals surface area contributed by atoms with Crippen molar-refractivity contribution in [3.05, 3.63) is 81.5 Å². The van der Waals surface area contributed by atoms with E-state index >= 15 is 0 Å². The smallest absolute Gasteiger partial charge is 0.261 e. The van der Waals surface area contributed by atoms with Crippen molar-refractivity contribution in [1.82, 2.24) is 10.6 Å². The lowest BCUT2D eigenvalue weighted by Gasteiger charge is -2.35. The Morgan fingerprint density at radius 2 is 1.78 bits per heavy atom. The maximum atomic E-state index is 13.9. The molecule has 0 aliphatic carbocycles. The molecule has 1 aromatic heterocycles. The summed E-state index contributed by atoms with van der Waals surface area (Å²) < 4.78 is 5.42. The number of carbonyl (C=O) groups excluding carboxylic acids is 3. The molecule has 0 fully saturated rings. The number of anilines is 1. The largest absolute Gasteiger partial charge is 0.497 e. The van der Waals surface area contributed by atoms with Crippen molar-refractivity contribution < 1.29 is 19.1 Å². The van der Waals surface area contributed by atoms with Gasteiger partial charge < -0.3 is 15.4 Å². The van der Waals surface area contributed by atoms with Gasteiger partial charge in [-0.25, -0.2) is 0 Å². The predicted octanol–water partition coefficient (Wildman–Crippen LogP) is 5.18. The van der Waals surface area contributed by atoms with Crippen LogP contribution in [-0.4, -0.2) is 36.9 Å². The highest BCUT2D eigenvalue weighted by atomic mass is 32.1. The van der Waals surface area contributed by atoms with Crippen molar-refractivity contribution in [1.29, 1.82) is 0 Å². The standard InChI is InChI=1S/C29H35N3O4S/c1-7-29(4,5)31-28(35)26(21-12-9-13-22(17-21)36-6)32(23-14-8-11-19(2)20(23)3)25(33)18-30-27(34)24-15-10-16-37-24/h8-17,26H,7,18H2,1-6H3,(H,30,34)(H,31,35). The van der Waals surface area contributed by atoms with Crippen molar-refractivity contribution in [2.45, 2.75) is 52.6 Å². The van der Waals surface area contributed by atoms with Gasteiger partial charge in [-0.1, -0.05) is 37.3 Å². The first-order valence-corrected chi connectivity index (χ1v) is 13.1. The Balaban J connectivity index is 2.11. The molecule has 0 aliphatic heterocycles. The first kappa shape index (κ1) is 27.9. The van der Waals surface area contributed by atoms with E-state index in [-0.39, 0.29) is 18.4 Å². The molecule has 1 heterocycles. The quantitative estimate of drug-likeness (QED) is 0.385. The molecule has 3 rings (SSSR count). The van der Waals surface area contributed by atoms with Crippen LogP contribution in [-0.2, 0) is 9.59 Å². The minimum Gasteiger partial charge on any atom is -0.497 e. The molecule has 2 aromatic carbocycles. The van der Waals surface area contributed by atoms with Gasteiger partial charge in [-0.3, -0.25) is 19.3 Å². The molecule has 3 amide bonds. The van der Waals surface area contributed by atoms with Gasteiger partial charge in [0, 0.05) is 11.2 Å². The van der Waals surface area contributed by atoms with Gasteiger partial charge in [-0.15, -0.1) is 11.3 Å². The highest BCUT2D eigenvalue weighted by molar-refractivity contribution is 7.12. The second-order valence-corrected chi connectivity index (χ2v) is 10.5. The van der Waals surface area contributed by atoms with E-state index in [4.69, 9.17) is 4.74 Å². The lowest BCUT2D eigenvalue weighted by molar-refractivity contribution is -0.127. The maximum absolute atomic E-state index is 13.9. The number of thiophene rings is 1. The summed E-state index contributed by atoms with van der Waals surface area (Å²) in [5.41, 5.74) is 2.57. The Labute approximate surface area is 222 Å². The molecular formula is C29H35N3O4S. The predicted molar refractivity (Wildman–Crippen MR) is 148 cm³/mol. The Morgan fingerprint density at radius 3 is 2.43 bits per heavy atom. The molecule has 37 heavy (non-hydrogen) atoms. The number of ether oxygens (including phenoxy) is 1. The fourth-order valence-electron chi connectivity index (χ4n) is 3.87. The molecule has 0 saturated carbocycles. The molecule has 196 valence electrons. The zero-order valence-electron chi connectivity index (χ0n) is 22.3. The van der Waals surface area contributed by atoms with Gasteiger partial charge in [0.2, 0.25) is 11.8 Å². The highest BCUT2D eigenvalue weighted by Gasteiger charge is 2.36. The van der Waals surface area contributed by atoms with Crippen LogP contribution in [0.2, 0.25) is 0 Å². The summed E-state index contributed by atoms with van der Waals surface area (Å²) >= 11 is 1.30. The molecule has 0 aliphatic rings. The molecule has 3 aromatic rings. The molecule has 7 nitrogen and oxygen atoms in total. The van der Waals surface area contributed by atoms with Crippen molar-refractivity contribution in [2.75, 3.05) is 18.6 Å². The zero-order chi connectivity index (χ0) is 27.2. The first-order valence-electron chi connectivity index (χ1n) is 12.2. The summed E-state index contributed by atoms with van der Waals surface area (Å²) in [6, 6.07) is 15.3. The summed E-state index contributed by atoms with van der Waals surface area (Å²) in [5.74, 6) is -0.488. The van der Waals surface area contributed by atoms with Crippen LogP contribution in [0.1, 0.15) is 59.6 Å². The fourth-order valence-corrected chi connectivity index (χ4v) is 4.51. The van der Waals surface area contributed by atoms with Gasteiger partial charge in [0.15, 0.2) is 0 Å². The number of nitrogens with zero attached hydrogens (tertiary/aromatic N) is 1. The van der Waals surface area contributed by atoms with Crippen molar-refractivity contribution >= 4 is 34.7 Å². The fraction of sp³-hybridized carbons (Fsp3) is 0.345. The van der Waals surface area contributed by atoms with E-state index in [0.717, 1.165) is 11.1 Å². The molecule has 0 saturated heterocycles. The van der Waals surface area contributed by atoms with E-state index in [1.165, 1.54) is 16.2 Å². The van der Waals surface area contributed by atoms with Gasteiger partial charge >= 0.3 is 0 Å². The lowest BCUT2D eigenvalue weighted by atomic mass is 9.97. The number of benzene rings is 2. The first-order chi connectivity index (χ1) is 17.6. The Bertz CT molecular complexity index is 1250. The van der Waals surface area contributed by atoms with Crippen molar-refractivity contribution in [2.24, 2.45) is 0 Å². The number of rotatable bonds is 10. The van der Waals surface area contributed by atoms with Crippen LogP contribution in [0.3, 0.4) is 0 Å². The van der Waals surface area contributed by atoms with Crippen LogP contribution in [0.5, 0.6) is 5.75 Å². The maximum Gasteiger partial charge on any atom is 0.261 e. The van der Waals surface area contributed by atoms with E-state index in [1.807, 2.05) is 52.8 Å². The van der Waals surface area contributed by atoms with Crippen molar-refractivity contribution in [3.8, 4) is 5.75 Å². The minimum atomic E-state index is -0.993. The number of nitrogens with one attached hydrogen (secondary N) is 2. The van der Waals surface area contributed by atoms with E-state index in [1.54, 1.807) is 48.9 Å². The van der Waals surface area contributed by atoms with E-state index in [0.29, 0.717) is 28.3 Å². The average Bonchev–Trinajstić information content (AvgIpc) is 3.42. The topological polar surface area (TPSA) is 87.7 Å². The summed E-state index contributed by atoms with van der Waals surface area (Å²) in [6.45, 7) is 9.49. The second kappa shape index (κ2) is 12.1. The van der Waals surface area contributed by atoms with Crippen LogP contribution < -0.4 is 20.3 Å². The molecule has 0 bridgehead atoms. The molecule has 8 heteroatoms. The molecule has 0 radical (unpaired) electrons. The third-order valence-electron chi connectivity index (χ3n) is 6.51. The summed E-state index contributed by atoms with van der Waals surface area (Å²) in [6.07, 6.45) is 0.706. The molecule has 1 atom stereocenters. The molecular weight excluding hydrogens is 486 g/mol. The van der Waals surface area contributed by atoms with Gasteiger partial charge in [0.25, 0.3) is 5.91 Å². The molecule has 0 spiro atoms. The monoisotopic (exact) mass is 521 g/mol. The van der Waals surface area contributed by atoms with E-state index < -0.39 is 17.5 Å². The lowest BCUT2D eigenvalue weighted by Crippen LogP contribution is -2.52. The number of hydrogen-bond donors (Lipinski definition) is 2. The molecule has 2 N–H and O–H groups in total. The van der Waals surface area contributed by atoms with Crippen LogP contribution in [0.25, 0.3) is 0 Å². The van der Waals surface area contributed by atoms with E-state index in [9.17, 15) is 14.4 Å². The number of aryl methyl sites for hydroxylation is 1. The SMILES string of the molecule is CCC(C)(C)NC(=O)C(c1cccc(OC)c1)N(C(=O)CNC(=O)c1cccs1)c1cccc(C)c1C. The normalized spacial score (nSPS) is 11.9.